The Bertz CT molecular complexity index is 605. The van der Waals surface area contributed by atoms with E-state index in [1.807, 2.05) is 35.2 Å². The Labute approximate surface area is 156 Å². The van der Waals surface area contributed by atoms with E-state index in [2.05, 4.69) is 17.1 Å². The number of hydrogen-bond donors (Lipinski definition) is 1. The molecule has 2 aliphatic heterocycles. The van der Waals surface area contributed by atoms with Gasteiger partial charge in [-0.3, -0.25) is 14.5 Å². The Morgan fingerprint density at radius 2 is 1.88 bits per heavy atom. The van der Waals surface area contributed by atoms with E-state index in [4.69, 9.17) is 0 Å². The quantitative estimate of drug-likeness (QED) is 0.848. The van der Waals surface area contributed by atoms with E-state index in [-0.39, 0.29) is 17.7 Å². The number of carbonyl (C=O) groups is 2. The van der Waals surface area contributed by atoms with Crippen molar-refractivity contribution in [2.24, 2.45) is 5.92 Å². The van der Waals surface area contributed by atoms with E-state index in [1.165, 1.54) is 12.8 Å². The number of nitrogens with one attached hydrogen (secondary N) is 1. The third kappa shape index (κ3) is 4.85. The minimum absolute atomic E-state index is 0.0695. The summed E-state index contributed by atoms with van der Waals surface area (Å²) in [7, 11) is 0. The molecule has 2 heterocycles. The maximum atomic E-state index is 12.6. The number of likely N-dealkylation sites (tertiary alicyclic amines) is 2. The zero-order valence-electron chi connectivity index (χ0n) is 15.8. The highest BCUT2D eigenvalue weighted by atomic mass is 16.2. The molecule has 26 heavy (non-hydrogen) atoms. The van der Waals surface area contributed by atoms with E-state index in [0.717, 1.165) is 44.6 Å². The third-order valence-electron chi connectivity index (χ3n) is 5.76. The van der Waals surface area contributed by atoms with Crippen molar-refractivity contribution in [3.63, 3.8) is 0 Å². The first-order chi connectivity index (χ1) is 12.7. The van der Waals surface area contributed by atoms with Gasteiger partial charge in [0.15, 0.2) is 0 Å². The molecule has 0 aliphatic carbocycles. The number of benzene rings is 1. The van der Waals surface area contributed by atoms with E-state index in [1.54, 1.807) is 0 Å². The van der Waals surface area contributed by atoms with Crippen molar-refractivity contribution < 1.29 is 9.59 Å². The Morgan fingerprint density at radius 3 is 2.65 bits per heavy atom. The summed E-state index contributed by atoms with van der Waals surface area (Å²) in [6.07, 6.45) is 4.59. The summed E-state index contributed by atoms with van der Waals surface area (Å²) in [5.74, 6) is 0.173. The van der Waals surface area contributed by atoms with Crippen LogP contribution in [0.15, 0.2) is 30.3 Å². The lowest BCUT2D eigenvalue weighted by Gasteiger charge is -2.32. The maximum absolute atomic E-state index is 12.6. The van der Waals surface area contributed by atoms with E-state index in [9.17, 15) is 9.59 Å². The molecule has 142 valence electrons. The van der Waals surface area contributed by atoms with Gasteiger partial charge in [-0.05, 0) is 44.3 Å². The lowest BCUT2D eigenvalue weighted by molar-refractivity contribution is -0.135. The van der Waals surface area contributed by atoms with Gasteiger partial charge in [0, 0.05) is 25.7 Å². The lowest BCUT2D eigenvalue weighted by atomic mass is 9.96. The summed E-state index contributed by atoms with van der Waals surface area (Å²) in [5.41, 5.74) is 1.03. The predicted molar refractivity (Wildman–Crippen MR) is 103 cm³/mol. The Balaban J connectivity index is 1.48. The monoisotopic (exact) mass is 357 g/mol. The molecule has 1 N–H and O–H groups in total. The van der Waals surface area contributed by atoms with Gasteiger partial charge in [0.05, 0.1) is 12.3 Å². The molecule has 2 atom stereocenters. The highest BCUT2D eigenvalue weighted by Crippen LogP contribution is 2.19. The smallest absolute Gasteiger partial charge is 0.227 e. The van der Waals surface area contributed by atoms with Gasteiger partial charge in [0.2, 0.25) is 11.8 Å². The number of hydrogen-bond acceptors (Lipinski definition) is 3. The second-order valence-electron chi connectivity index (χ2n) is 7.51. The van der Waals surface area contributed by atoms with E-state index < -0.39 is 0 Å². The normalized spacial score (nSPS) is 23.8. The van der Waals surface area contributed by atoms with Crippen LogP contribution in [0.4, 0.5) is 0 Å². The first-order valence-electron chi connectivity index (χ1n) is 10.0. The Hall–Kier alpha value is -1.88. The van der Waals surface area contributed by atoms with Crippen LogP contribution in [0, 0.1) is 5.92 Å². The molecule has 5 heteroatoms. The minimum Gasteiger partial charge on any atom is -0.354 e. The molecule has 0 bridgehead atoms. The molecule has 0 radical (unpaired) electrons. The summed E-state index contributed by atoms with van der Waals surface area (Å²) in [6.45, 7) is 6.42. The molecule has 5 nitrogen and oxygen atoms in total. The average Bonchev–Trinajstić information content (AvgIpc) is 3.14. The van der Waals surface area contributed by atoms with Gasteiger partial charge in [0.1, 0.15) is 0 Å². The standard InChI is InChI=1S/C21H31N3O2/c1-2-23-12-7-11-19(23)15-22-21(26)18-10-6-13-24(16-18)20(25)14-17-8-4-3-5-9-17/h3-5,8-9,18-19H,2,6-7,10-16H2,1H3,(H,22,26). The Kier molecular flexibility index (Phi) is 6.67. The fourth-order valence-corrected chi connectivity index (χ4v) is 4.21. The predicted octanol–water partition coefficient (Wildman–Crippen LogP) is 2.07. The zero-order valence-corrected chi connectivity index (χ0v) is 15.8. The second kappa shape index (κ2) is 9.17. The van der Waals surface area contributed by atoms with Crippen molar-refractivity contribution in [3.8, 4) is 0 Å². The summed E-state index contributed by atoms with van der Waals surface area (Å²) in [5, 5.41) is 3.15. The highest BCUT2D eigenvalue weighted by molar-refractivity contribution is 5.82. The van der Waals surface area contributed by atoms with Crippen LogP contribution in [0.1, 0.15) is 38.2 Å². The number of amides is 2. The molecule has 1 aromatic carbocycles. The molecule has 2 fully saturated rings. The maximum Gasteiger partial charge on any atom is 0.227 e. The zero-order chi connectivity index (χ0) is 18.4. The van der Waals surface area contributed by atoms with E-state index >= 15 is 0 Å². The third-order valence-corrected chi connectivity index (χ3v) is 5.76. The SMILES string of the molecule is CCN1CCCC1CNC(=O)C1CCCN(C(=O)Cc2ccccc2)C1. The van der Waals surface area contributed by atoms with Gasteiger partial charge < -0.3 is 10.2 Å². The van der Waals surface area contributed by atoms with Gasteiger partial charge in [0.25, 0.3) is 0 Å². The molecule has 0 saturated carbocycles. The van der Waals surface area contributed by atoms with Crippen molar-refractivity contribution in [1.29, 1.82) is 0 Å². The second-order valence-corrected chi connectivity index (χ2v) is 7.51. The van der Waals surface area contributed by atoms with Crippen molar-refractivity contribution >= 4 is 11.8 Å². The first-order valence-corrected chi connectivity index (χ1v) is 10.0. The van der Waals surface area contributed by atoms with Gasteiger partial charge in [-0.25, -0.2) is 0 Å². The number of rotatable bonds is 6. The molecule has 2 unspecified atom stereocenters. The fraction of sp³-hybridized carbons (Fsp3) is 0.619. The van der Waals surface area contributed by atoms with Gasteiger partial charge in [-0.2, -0.15) is 0 Å². The van der Waals surface area contributed by atoms with Crippen LogP contribution in [-0.2, 0) is 16.0 Å². The van der Waals surface area contributed by atoms with Crippen LogP contribution in [-0.4, -0.2) is 60.4 Å². The molecule has 3 rings (SSSR count). The van der Waals surface area contributed by atoms with Crippen LogP contribution in [0.5, 0.6) is 0 Å². The molecule has 2 aliphatic rings. The summed E-state index contributed by atoms with van der Waals surface area (Å²) < 4.78 is 0. The van der Waals surface area contributed by atoms with Gasteiger partial charge in [-0.1, -0.05) is 37.3 Å². The molecule has 0 spiro atoms. The number of carbonyl (C=O) groups excluding carboxylic acids is 2. The van der Waals surface area contributed by atoms with Gasteiger partial charge in [-0.15, -0.1) is 0 Å². The Morgan fingerprint density at radius 1 is 1.12 bits per heavy atom. The highest BCUT2D eigenvalue weighted by Gasteiger charge is 2.29. The topological polar surface area (TPSA) is 52.7 Å². The van der Waals surface area contributed by atoms with Crippen LogP contribution in [0.25, 0.3) is 0 Å². The fourth-order valence-electron chi connectivity index (χ4n) is 4.21. The first kappa shape index (κ1) is 18.9. The van der Waals surface area contributed by atoms with Crippen LogP contribution >= 0.6 is 0 Å². The number of likely N-dealkylation sites (N-methyl/N-ethyl adjacent to an activating group) is 1. The van der Waals surface area contributed by atoms with Crippen molar-refractivity contribution in [2.45, 2.75) is 45.1 Å². The van der Waals surface area contributed by atoms with Crippen LogP contribution in [0.2, 0.25) is 0 Å². The van der Waals surface area contributed by atoms with Crippen molar-refractivity contribution in [1.82, 2.24) is 15.1 Å². The summed E-state index contributed by atoms with van der Waals surface area (Å²) in [6, 6.07) is 10.3. The number of nitrogens with zero attached hydrogens (tertiary/aromatic N) is 2. The molecule has 0 aromatic heterocycles. The van der Waals surface area contributed by atoms with Crippen molar-refractivity contribution in [3.05, 3.63) is 35.9 Å². The largest absolute Gasteiger partial charge is 0.354 e. The summed E-state index contributed by atoms with van der Waals surface area (Å²) >= 11 is 0. The molecular formula is C21H31N3O2. The minimum atomic E-state index is -0.0695. The molecule has 1 aromatic rings. The summed E-state index contributed by atoms with van der Waals surface area (Å²) in [4.78, 5) is 29.5. The van der Waals surface area contributed by atoms with Crippen LogP contribution in [0.3, 0.4) is 0 Å². The average molecular weight is 357 g/mol. The molecular weight excluding hydrogens is 326 g/mol. The van der Waals surface area contributed by atoms with E-state index in [0.29, 0.717) is 19.0 Å². The van der Waals surface area contributed by atoms with Gasteiger partial charge >= 0.3 is 0 Å². The number of piperidine rings is 1. The molecule has 2 saturated heterocycles. The van der Waals surface area contributed by atoms with Crippen molar-refractivity contribution in [2.75, 3.05) is 32.7 Å². The van der Waals surface area contributed by atoms with Crippen LogP contribution < -0.4 is 5.32 Å². The molecule has 2 amide bonds. The lowest BCUT2D eigenvalue weighted by Crippen LogP contribution is -2.48.